The van der Waals surface area contributed by atoms with Gasteiger partial charge in [0.05, 0.1) is 25.8 Å². The van der Waals surface area contributed by atoms with Crippen LogP contribution in [0.15, 0.2) is 71.5 Å². The molecule has 0 radical (unpaired) electrons. The molecular formula is C26H20Cl2F3N3O4. The number of carbonyl (C=O) groups excluding carboxylic acids is 1. The van der Waals surface area contributed by atoms with Gasteiger partial charge in [0.2, 0.25) is 0 Å². The van der Waals surface area contributed by atoms with Gasteiger partial charge in [-0.15, -0.1) is 5.10 Å². The number of methoxy groups -OCH3 is 1. The van der Waals surface area contributed by atoms with E-state index in [4.69, 9.17) is 27.9 Å². The average Bonchev–Trinajstić information content (AvgIpc) is 3.18. The minimum atomic E-state index is -4.94. The number of esters is 1. The van der Waals surface area contributed by atoms with Crippen molar-refractivity contribution in [3.8, 4) is 22.5 Å². The molecule has 0 bridgehead atoms. The summed E-state index contributed by atoms with van der Waals surface area (Å²) >= 11 is 12.3. The maximum Gasteiger partial charge on any atom is 0.416 e. The van der Waals surface area contributed by atoms with Crippen molar-refractivity contribution in [1.82, 2.24) is 14.3 Å². The second kappa shape index (κ2) is 11.0. The van der Waals surface area contributed by atoms with Gasteiger partial charge >= 0.3 is 17.8 Å². The first-order valence-electron chi connectivity index (χ1n) is 11.1. The number of aliphatic hydroxyl groups excluding tert-OH is 1. The highest BCUT2D eigenvalue weighted by molar-refractivity contribution is 6.33. The summed E-state index contributed by atoms with van der Waals surface area (Å²) in [5.41, 5.74) is 1.20. The number of hydrogen-bond acceptors (Lipinski definition) is 5. The number of aliphatic hydroxyl groups is 1. The fourth-order valence-corrected chi connectivity index (χ4v) is 4.21. The molecule has 198 valence electrons. The minimum Gasteiger partial charge on any atom is -0.465 e. The van der Waals surface area contributed by atoms with Gasteiger partial charge in [-0.2, -0.15) is 13.2 Å². The molecule has 0 spiro atoms. The van der Waals surface area contributed by atoms with E-state index < -0.39 is 30.5 Å². The summed E-state index contributed by atoms with van der Waals surface area (Å²) < 4.78 is 46.0. The second-order valence-electron chi connectivity index (χ2n) is 8.29. The summed E-state index contributed by atoms with van der Waals surface area (Å²) in [6.45, 7) is -1.19. The monoisotopic (exact) mass is 565 g/mol. The molecule has 7 nitrogen and oxygen atoms in total. The number of nitrogens with zero attached hydrogens (tertiary/aromatic N) is 3. The van der Waals surface area contributed by atoms with E-state index in [9.17, 15) is 27.9 Å². The molecule has 4 rings (SSSR count). The van der Waals surface area contributed by atoms with E-state index >= 15 is 0 Å². The first-order chi connectivity index (χ1) is 18.0. The molecule has 0 aliphatic rings. The van der Waals surface area contributed by atoms with Crippen LogP contribution < -0.4 is 5.69 Å². The van der Waals surface area contributed by atoms with Crippen LogP contribution in [-0.4, -0.2) is 44.8 Å². The minimum absolute atomic E-state index is 0.0764. The van der Waals surface area contributed by atoms with E-state index in [1.807, 2.05) is 0 Å². The van der Waals surface area contributed by atoms with Crippen LogP contribution in [0, 0.1) is 0 Å². The molecule has 1 N–H and O–H groups in total. The van der Waals surface area contributed by atoms with Crippen LogP contribution in [0.25, 0.3) is 22.5 Å². The van der Waals surface area contributed by atoms with Crippen LogP contribution in [0.4, 0.5) is 13.2 Å². The molecule has 4 aromatic rings. The lowest BCUT2D eigenvalue weighted by Gasteiger charge is -2.15. The fourth-order valence-electron chi connectivity index (χ4n) is 3.85. The number of hydrogen-bond donors (Lipinski definition) is 1. The van der Waals surface area contributed by atoms with Crippen molar-refractivity contribution in [2.45, 2.75) is 25.4 Å². The lowest BCUT2D eigenvalue weighted by Crippen LogP contribution is -2.37. The quantitative estimate of drug-likeness (QED) is 0.301. The zero-order valence-electron chi connectivity index (χ0n) is 19.7. The summed E-state index contributed by atoms with van der Waals surface area (Å²) in [5.74, 6) is -0.674. The molecule has 1 aromatic heterocycles. The summed E-state index contributed by atoms with van der Waals surface area (Å²) in [7, 11) is 1.24. The molecule has 0 fully saturated rings. The van der Waals surface area contributed by atoms with E-state index in [2.05, 4.69) is 5.10 Å². The normalized spacial score (nSPS) is 12.4. The molecule has 0 saturated carbocycles. The van der Waals surface area contributed by atoms with E-state index in [0.29, 0.717) is 32.3 Å². The summed E-state index contributed by atoms with van der Waals surface area (Å²) in [6.07, 6.45) is -7.72. The van der Waals surface area contributed by atoms with Crippen LogP contribution >= 0.6 is 23.2 Å². The molecule has 0 aliphatic heterocycles. The predicted octanol–water partition coefficient (Wildman–Crippen LogP) is 5.44. The van der Waals surface area contributed by atoms with Gasteiger partial charge in [-0.3, -0.25) is 4.57 Å². The van der Waals surface area contributed by atoms with Gasteiger partial charge in [0.1, 0.15) is 0 Å². The molecule has 3 aromatic carbocycles. The van der Waals surface area contributed by atoms with E-state index in [0.717, 1.165) is 9.25 Å². The van der Waals surface area contributed by atoms with Crippen molar-refractivity contribution < 1.29 is 27.8 Å². The van der Waals surface area contributed by atoms with Gasteiger partial charge in [-0.25, -0.2) is 14.3 Å². The van der Waals surface area contributed by atoms with Crippen molar-refractivity contribution in [1.29, 1.82) is 0 Å². The van der Waals surface area contributed by atoms with Gasteiger partial charge in [0.15, 0.2) is 11.9 Å². The summed E-state index contributed by atoms with van der Waals surface area (Å²) in [5, 5.41) is 14.7. The van der Waals surface area contributed by atoms with Gasteiger partial charge in [0, 0.05) is 21.2 Å². The molecule has 1 atom stereocenters. The molecule has 12 heteroatoms. The first kappa shape index (κ1) is 27.4. The van der Waals surface area contributed by atoms with Crippen molar-refractivity contribution in [2.75, 3.05) is 7.11 Å². The number of halogens is 5. The lowest BCUT2D eigenvalue weighted by atomic mass is 9.97. The molecule has 0 amide bonds. The van der Waals surface area contributed by atoms with Gasteiger partial charge in [0.25, 0.3) is 0 Å². The zero-order chi connectivity index (χ0) is 27.6. The van der Waals surface area contributed by atoms with Gasteiger partial charge in [-0.05, 0) is 53.6 Å². The third-order valence-electron chi connectivity index (χ3n) is 5.74. The number of ether oxygens (including phenoxy) is 1. The van der Waals surface area contributed by atoms with Crippen molar-refractivity contribution in [2.24, 2.45) is 0 Å². The highest BCUT2D eigenvalue weighted by Crippen LogP contribution is 2.32. The van der Waals surface area contributed by atoms with E-state index in [1.165, 1.54) is 37.4 Å². The van der Waals surface area contributed by atoms with Crippen molar-refractivity contribution in [3.05, 3.63) is 98.4 Å². The summed E-state index contributed by atoms with van der Waals surface area (Å²) in [4.78, 5) is 25.6. The number of aromatic nitrogens is 3. The second-order valence-corrected chi connectivity index (χ2v) is 9.13. The Bertz CT molecular complexity index is 1530. The van der Waals surface area contributed by atoms with E-state index in [1.54, 1.807) is 36.4 Å². The van der Waals surface area contributed by atoms with Crippen LogP contribution in [-0.2, 0) is 17.8 Å². The molecule has 1 heterocycles. The van der Waals surface area contributed by atoms with Crippen molar-refractivity contribution in [3.63, 3.8) is 0 Å². The largest absolute Gasteiger partial charge is 0.465 e. The van der Waals surface area contributed by atoms with Crippen LogP contribution in [0.5, 0.6) is 0 Å². The number of benzene rings is 3. The molecule has 0 aliphatic carbocycles. The Morgan fingerprint density at radius 1 is 1.05 bits per heavy atom. The summed E-state index contributed by atoms with van der Waals surface area (Å²) in [6, 6.07) is 17.6. The molecular weight excluding hydrogens is 546 g/mol. The number of rotatable bonds is 7. The molecule has 1 unspecified atom stereocenters. The maximum atomic E-state index is 13.2. The maximum absolute atomic E-state index is 13.2. The third-order valence-corrected chi connectivity index (χ3v) is 6.33. The Labute approximate surface area is 224 Å². The Balaban J connectivity index is 1.80. The highest BCUT2D eigenvalue weighted by atomic mass is 35.5. The smallest absolute Gasteiger partial charge is 0.416 e. The molecule has 38 heavy (non-hydrogen) atoms. The Kier molecular flexibility index (Phi) is 7.96. The average molecular weight is 566 g/mol. The SMILES string of the molecule is COC(=O)c1ccc(Cn2nc(-c3ccc(Cl)cc3)n(CC(O)C(F)(F)F)c2=O)cc1-c1ccccc1Cl. The Morgan fingerprint density at radius 2 is 1.74 bits per heavy atom. The predicted molar refractivity (Wildman–Crippen MR) is 136 cm³/mol. The fraction of sp³-hybridized carbons (Fsp3) is 0.192. The van der Waals surface area contributed by atoms with Crippen LogP contribution in [0.1, 0.15) is 15.9 Å². The topological polar surface area (TPSA) is 86.3 Å². The highest BCUT2D eigenvalue weighted by Gasteiger charge is 2.39. The third kappa shape index (κ3) is 5.77. The van der Waals surface area contributed by atoms with Crippen LogP contribution in [0.3, 0.4) is 0 Å². The van der Waals surface area contributed by atoms with Crippen molar-refractivity contribution >= 4 is 29.2 Å². The standard InChI is InChI=1S/C26H20Cl2F3N3O4/c1-38-24(36)19-11-6-15(12-20(19)18-4-2-3-5-21(18)28)13-34-25(37)33(14-22(35)26(29,30)31)23(32-34)16-7-9-17(27)10-8-16/h2-12,22,35H,13-14H2,1H3. The number of alkyl halides is 3. The van der Waals surface area contributed by atoms with Crippen LogP contribution in [0.2, 0.25) is 10.0 Å². The lowest BCUT2D eigenvalue weighted by molar-refractivity contribution is -0.207. The number of carbonyl (C=O) groups is 1. The van der Waals surface area contributed by atoms with E-state index in [-0.39, 0.29) is 17.9 Å². The Morgan fingerprint density at radius 3 is 2.37 bits per heavy atom. The molecule has 0 saturated heterocycles. The Hall–Kier alpha value is -3.60. The zero-order valence-corrected chi connectivity index (χ0v) is 21.3. The van der Waals surface area contributed by atoms with Gasteiger partial charge in [-0.1, -0.05) is 47.5 Å². The first-order valence-corrected chi connectivity index (χ1v) is 11.9. The van der Waals surface area contributed by atoms with Gasteiger partial charge < -0.3 is 9.84 Å².